The predicted molar refractivity (Wildman–Crippen MR) is 73.4 cm³/mol. The highest BCUT2D eigenvalue weighted by molar-refractivity contribution is 4.90. The van der Waals surface area contributed by atoms with Crippen LogP contribution in [-0.4, -0.2) is 61.2 Å². The molecule has 3 nitrogen and oxygen atoms in total. The maximum atomic E-state index is 3.42. The van der Waals surface area contributed by atoms with E-state index < -0.39 is 0 Å². The van der Waals surface area contributed by atoms with Crippen LogP contribution in [-0.2, 0) is 0 Å². The summed E-state index contributed by atoms with van der Waals surface area (Å²) in [5.41, 5.74) is 0. The zero-order valence-corrected chi connectivity index (χ0v) is 11.6. The summed E-state index contributed by atoms with van der Waals surface area (Å²) in [6, 6.07) is 1.69. The number of nitrogens with zero attached hydrogens (tertiary/aromatic N) is 2. The largest absolute Gasteiger partial charge is 0.314 e. The summed E-state index contributed by atoms with van der Waals surface area (Å²) >= 11 is 0. The fraction of sp³-hybridized carbons (Fsp3) is 1.00. The summed E-state index contributed by atoms with van der Waals surface area (Å²) in [4.78, 5) is 5.43. The lowest BCUT2D eigenvalue weighted by atomic mass is 9.98. The Kier molecular flexibility index (Phi) is 5.26. The van der Waals surface area contributed by atoms with Crippen molar-refractivity contribution >= 4 is 0 Å². The van der Waals surface area contributed by atoms with Crippen LogP contribution < -0.4 is 5.32 Å². The van der Waals surface area contributed by atoms with Crippen molar-refractivity contribution < 1.29 is 0 Å². The van der Waals surface area contributed by atoms with Crippen molar-refractivity contribution in [1.29, 1.82) is 0 Å². The van der Waals surface area contributed by atoms with Crippen molar-refractivity contribution in [1.82, 2.24) is 15.1 Å². The van der Waals surface area contributed by atoms with Crippen LogP contribution in [0.15, 0.2) is 0 Å². The summed E-state index contributed by atoms with van der Waals surface area (Å²) in [6.45, 7) is 12.3. The molecule has 2 heterocycles. The number of nitrogens with one attached hydrogen (secondary N) is 1. The lowest BCUT2D eigenvalue weighted by Gasteiger charge is -2.46. The first kappa shape index (κ1) is 13.3. The molecule has 0 bridgehead atoms. The second-order valence-corrected chi connectivity index (χ2v) is 5.62. The third-order valence-electron chi connectivity index (χ3n) is 4.28. The third-order valence-corrected chi connectivity index (χ3v) is 4.28. The van der Waals surface area contributed by atoms with Crippen molar-refractivity contribution in [2.24, 2.45) is 0 Å². The second-order valence-electron chi connectivity index (χ2n) is 5.62. The molecule has 0 saturated carbocycles. The molecule has 0 unspecified atom stereocenters. The van der Waals surface area contributed by atoms with Crippen molar-refractivity contribution in [2.75, 3.05) is 39.3 Å². The van der Waals surface area contributed by atoms with E-state index in [0.29, 0.717) is 0 Å². The van der Waals surface area contributed by atoms with Crippen LogP contribution in [0.3, 0.4) is 0 Å². The van der Waals surface area contributed by atoms with Crippen LogP contribution in [0.2, 0.25) is 0 Å². The maximum Gasteiger partial charge on any atom is 0.0348 e. The van der Waals surface area contributed by atoms with Crippen LogP contribution in [0, 0.1) is 0 Å². The molecule has 0 aliphatic carbocycles. The summed E-state index contributed by atoms with van der Waals surface area (Å²) in [7, 11) is 0. The predicted octanol–water partition coefficient (Wildman–Crippen LogP) is 1.54. The first-order valence-electron chi connectivity index (χ1n) is 7.54. The minimum Gasteiger partial charge on any atom is -0.314 e. The Labute approximate surface area is 107 Å². The highest BCUT2D eigenvalue weighted by atomic mass is 15.3. The van der Waals surface area contributed by atoms with E-state index in [1.165, 1.54) is 65.0 Å². The number of piperidine rings is 1. The van der Waals surface area contributed by atoms with Crippen LogP contribution in [0.1, 0.15) is 39.5 Å². The Morgan fingerprint density at radius 3 is 2.24 bits per heavy atom. The lowest BCUT2D eigenvalue weighted by molar-refractivity contribution is 0.0515. The van der Waals surface area contributed by atoms with E-state index >= 15 is 0 Å². The van der Waals surface area contributed by atoms with Gasteiger partial charge in [0, 0.05) is 25.2 Å². The molecule has 0 spiro atoms. The van der Waals surface area contributed by atoms with Gasteiger partial charge < -0.3 is 10.2 Å². The van der Waals surface area contributed by atoms with Crippen LogP contribution in [0.25, 0.3) is 0 Å². The molecule has 2 aliphatic rings. The van der Waals surface area contributed by atoms with Crippen molar-refractivity contribution in [3.05, 3.63) is 0 Å². The van der Waals surface area contributed by atoms with E-state index in [9.17, 15) is 0 Å². The lowest BCUT2D eigenvalue weighted by Crippen LogP contribution is -2.61. The van der Waals surface area contributed by atoms with Crippen molar-refractivity contribution in [3.8, 4) is 0 Å². The molecule has 1 N–H and O–H groups in total. The monoisotopic (exact) mass is 239 g/mol. The summed E-state index contributed by atoms with van der Waals surface area (Å²) in [5.74, 6) is 0. The molecule has 0 atom stereocenters. The third kappa shape index (κ3) is 3.43. The fourth-order valence-electron chi connectivity index (χ4n) is 3.22. The molecule has 17 heavy (non-hydrogen) atoms. The Hall–Kier alpha value is -0.120. The van der Waals surface area contributed by atoms with Crippen LogP contribution >= 0.6 is 0 Å². The molecule has 2 rings (SSSR count). The smallest absolute Gasteiger partial charge is 0.0348 e. The Bertz CT molecular complexity index is 208. The average Bonchev–Trinajstić information content (AvgIpc) is 2.28. The Morgan fingerprint density at radius 2 is 1.76 bits per heavy atom. The number of hydrogen-bond acceptors (Lipinski definition) is 3. The van der Waals surface area contributed by atoms with E-state index in [2.05, 4.69) is 29.0 Å². The molecule has 100 valence electrons. The molecule has 0 amide bonds. The first-order valence-corrected chi connectivity index (χ1v) is 7.54. The van der Waals surface area contributed by atoms with Crippen LogP contribution in [0.5, 0.6) is 0 Å². The fourth-order valence-corrected chi connectivity index (χ4v) is 3.22. The molecular formula is C14H29N3. The molecular weight excluding hydrogens is 210 g/mol. The Balaban J connectivity index is 1.79. The highest BCUT2D eigenvalue weighted by Crippen LogP contribution is 2.20. The average molecular weight is 239 g/mol. The molecule has 3 heteroatoms. The van der Waals surface area contributed by atoms with Gasteiger partial charge in [-0.15, -0.1) is 0 Å². The van der Waals surface area contributed by atoms with Gasteiger partial charge in [-0.3, -0.25) is 4.90 Å². The standard InChI is InChI=1S/C14H29N3/c1-3-7-16-9-5-13(6-10-16)17(8-4-2)14-11-15-12-14/h13-15H,3-12H2,1-2H3. The van der Waals surface area contributed by atoms with E-state index in [1.807, 2.05) is 0 Å². The Morgan fingerprint density at radius 1 is 1.06 bits per heavy atom. The molecule has 0 radical (unpaired) electrons. The van der Waals surface area contributed by atoms with E-state index in [1.54, 1.807) is 0 Å². The molecule has 0 aromatic rings. The molecule has 2 fully saturated rings. The molecule has 2 saturated heterocycles. The van der Waals surface area contributed by atoms with Crippen LogP contribution in [0.4, 0.5) is 0 Å². The zero-order chi connectivity index (χ0) is 12.1. The number of likely N-dealkylation sites (tertiary alicyclic amines) is 1. The summed E-state index contributed by atoms with van der Waals surface area (Å²) in [6.07, 6.45) is 5.37. The quantitative estimate of drug-likeness (QED) is 0.758. The van der Waals surface area contributed by atoms with Crippen molar-refractivity contribution in [3.63, 3.8) is 0 Å². The number of rotatable bonds is 6. The van der Waals surface area contributed by atoms with Gasteiger partial charge in [0.25, 0.3) is 0 Å². The second kappa shape index (κ2) is 6.72. The van der Waals surface area contributed by atoms with Gasteiger partial charge >= 0.3 is 0 Å². The minimum atomic E-state index is 0.831. The van der Waals surface area contributed by atoms with Crippen molar-refractivity contribution in [2.45, 2.75) is 51.6 Å². The van der Waals surface area contributed by atoms with Gasteiger partial charge in [-0.1, -0.05) is 13.8 Å². The van der Waals surface area contributed by atoms with Gasteiger partial charge in [-0.25, -0.2) is 0 Å². The summed E-state index contributed by atoms with van der Waals surface area (Å²) < 4.78 is 0. The normalized spacial score (nSPS) is 24.2. The minimum absolute atomic E-state index is 0.831. The highest BCUT2D eigenvalue weighted by Gasteiger charge is 2.31. The molecule has 0 aromatic heterocycles. The topological polar surface area (TPSA) is 18.5 Å². The van der Waals surface area contributed by atoms with E-state index in [-0.39, 0.29) is 0 Å². The van der Waals surface area contributed by atoms with Gasteiger partial charge in [0.1, 0.15) is 0 Å². The van der Waals surface area contributed by atoms with Gasteiger partial charge in [0.15, 0.2) is 0 Å². The SMILES string of the molecule is CCCN1CCC(N(CCC)C2CNC2)CC1. The van der Waals surface area contributed by atoms with E-state index in [4.69, 9.17) is 0 Å². The molecule has 0 aromatic carbocycles. The van der Waals surface area contributed by atoms with Gasteiger partial charge in [-0.2, -0.15) is 0 Å². The zero-order valence-electron chi connectivity index (χ0n) is 11.6. The van der Waals surface area contributed by atoms with Gasteiger partial charge in [-0.05, 0) is 51.9 Å². The summed E-state index contributed by atoms with van der Waals surface area (Å²) in [5, 5.41) is 3.42. The first-order chi connectivity index (χ1) is 8.35. The van der Waals surface area contributed by atoms with Gasteiger partial charge in [0.05, 0.1) is 0 Å². The molecule has 2 aliphatic heterocycles. The van der Waals surface area contributed by atoms with E-state index in [0.717, 1.165) is 12.1 Å². The maximum absolute atomic E-state index is 3.42. The number of hydrogen-bond donors (Lipinski definition) is 1. The van der Waals surface area contributed by atoms with Gasteiger partial charge in [0.2, 0.25) is 0 Å².